The first kappa shape index (κ1) is 16.5. The van der Waals surface area contributed by atoms with E-state index in [4.69, 9.17) is 4.52 Å². The molecule has 7 nitrogen and oxygen atoms in total. The third-order valence-corrected chi connectivity index (χ3v) is 3.89. The second-order valence-corrected chi connectivity index (χ2v) is 5.83. The lowest BCUT2D eigenvalue weighted by atomic mass is 9.97. The number of aromatic nitrogens is 4. The molecule has 2 aromatic heterocycles. The molecule has 10 heteroatoms. The third-order valence-electron chi connectivity index (χ3n) is 3.89. The van der Waals surface area contributed by atoms with Gasteiger partial charge in [-0.1, -0.05) is 0 Å². The normalized spacial score (nSPS) is 16.5. The van der Waals surface area contributed by atoms with Crippen LogP contribution in [0.3, 0.4) is 0 Å². The highest BCUT2D eigenvalue weighted by Gasteiger charge is 2.34. The summed E-state index contributed by atoms with van der Waals surface area (Å²) < 4.78 is 43.5. The standard InChI is InChI=1S/C14H17F3N6O/c1-22(2)13-20-11(24-21-13)9-4-7-23(8-5-9)12-18-6-3-10(19-12)14(15,16)17/h3,6,9H,4-5,7-8H2,1-2H3. The van der Waals surface area contributed by atoms with Crippen LogP contribution in [0.25, 0.3) is 0 Å². The maximum atomic E-state index is 12.7. The van der Waals surface area contributed by atoms with Crippen molar-refractivity contribution in [3.8, 4) is 0 Å². The van der Waals surface area contributed by atoms with Crippen LogP contribution in [-0.4, -0.2) is 47.3 Å². The Morgan fingerprint density at radius 2 is 1.92 bits per heavy atom. The van der Waals surface area contributed by atoms with Crippen molar-refractivity contribution in [2.75, 3.05) is 37.0 Å². The van der Waals surface area contributed by atoms with Gasteiger partial charge in [0.1, 0.15) is 5.69 Å². The SMILES string of the molecule is CN(C)c1noc(C2CCN(c3nccc(C(F)(F)F)n3)CC2)n1. The van der Waals surface area contributed by atoms with Gasteiger partial charge in [0.2, 0.25) is 11.8 Å². The van der Waals surface area contributed by atoms with Crippen LogP contribution in [0.2, 0.25) is 0 Å². The van der Waals surface area contributed by atoms with E-state index in [0.717, 1.165) is 12.3 Å². The van der Waals surface area contributed by atoms with Crippen LogP contribution in [-0.2, 0) is 6.18 Å². The Kier molecular flexibility index (Phi) is 4.29. The fraction of sp³-hybridized carbons (Fsp3) is 0.571. The lowest BCUT2D eigenvalue weighted by Crippen LogP contribution is -2.34. The van der Waals surface area contributed by atoms with Gasteiger partial charge in [-0.2, -0.15) is 18.2 Å². The van der Waals surface area contributed by atoms with Gasteiger partial charge in [0.25, 0.3) is 5.95 Å². The van der Waals surface area contributed by atoms with E-state index < -0.39 is 11.9 Å². The Labute approximate surface area is 136 Å². The molecular weight excluding hydrogens is 325 g/mol. The molecule has 0 bridgehead atoms. The first-order valence-electron chi connectivity index (χ1n) is 7.50. The van der Waals surface area contributed by atoms with Crippen molar-refractivity contribution in [1.82, 2.24) is 20.1 Å². The van der Waals surface area contributed by atoms with Crippen molar-refractivity contribution in [1.29, 1.82) is 0 Å². The predicted molar refractivity (Wildman–Crippen MR) is 79.8 cm³/mol. The number of hydrogen-bond acceptors (Lipinski definition) is 7. The minimum Gasteiger partial charge on any atom is -0.344 e. The monoisotopic (exact) mass is 342 g/mol. The molecule has 0 saturated carbocycles. The number of halogens is 3. The van der Waals surface area contributed by atoms with E-state index in [1.807, 2.05) is 14.1 Å². The number of nitrogens with zero attached hydrogens (tertiary/aromatic N) is 6. The molecule has 0 amide bonds. The molecule has 0 atom stereocenters. The van der Waals surface area contributed by atoms with Crippen LogP contribution in [0, 0.1) is 0 Å². The number of hydrogen-bond donors (Lipinski definition) is 0. The van der Waals surface area contributed by atoms with E-state index >= 15 is 0 Å². The molecule has 0 radical (unpaired) electrons. The highest BCUT2D eigenvalue weighted by Crippen LogP contribution is 2.31. The van der Waals surface area contributed by atoms with Gasteiger partial charge < -0.3 is 14.3 Å². The molecule has 1 aliphatic heterocycles. The van der Waals surface area contributed by atoms with Crippen molar-refractivity contribution in [2.45, 2.75) is 24.9 Å². The number of rotatable bonds is 3. The minimum atomic E-state index is -4.47. The molecule has 0 spiro atoms. The van der Waals surface area contributed by atoms with E-state index in [2.05, 4.69) is 20.1 Å². The quantitative estimate of drug-likeness (QED) is 0.848. The Hall–Kier alpha value is -2.39. The van der Waals surface area contributed by atoms with E-state index in [0.29, 0.717) is 37.8 Å². The average Bonchev–Trinajstić information content (AvgIpc) is 3.05. The molecule has 0 N–H and O–H groups in total. The summed E-state index contributed by atoms with van der Waals surface area (Å²) in [6, 6.07) is 0.872. The average molecular weight is 342 g/mol. The van der Waals surface area contributed by atoms with Crippen LogP contribution >= 0.6 is 0 Å². The summed E-state index contributed by atoms with van der Waals surface area (Å²) in [6.07, 6.45) is -1.95. The van der Waals surface area contributed by atoms with E-state index in [1.54, 1.807) is 9.80 Å². The molecule has 3 heterocycles. The lowest BCUT2D eigenvalue weighted by Gasteiger charge is -2.30. The van der Waals surface area contributed by atoms with Crippen molar-refractivity contribution < 1.29 is 17.7 Å². The van der Waals surface area contributed by atoms with E-state index in [9.17, 15) is 13.2 Å². The van der Waals surface area contributed by atoms with Crippen LogP contribution in [0.5, 0.6) is 0 Å². The highest BCUT2D eigenvalue weighted by molar-refractivity contribution is 5.32. The molecule has 1 fully saturated rings. The Bertz CT molecular complexity index is 694. The van der Waals surface area contributed by atoms with Gasteiger partial charge in [0, 0.05) is 39.3 Å². The van der Waals surface area contributed by atoms with E-state index in [-0.39, 0.29) is 11.9 Å². The Morgan fingerprint density at radius 3 is 2.50 bits per heavy atom. The largest absolute Gasteiger partial charge is 0.433 e. The molecule has 130 valence electrons. The summed E-state index contributed by atoms with van der Waals surface area (Å²) >= 11 is 0. The molecular formula is C14H17F3N6O. The zero-order valence-electron chi connectivity index (χ0n) is 13.3. The minimum absolute atomic E-state index is 0.0910. The first-order chi connectivity index (χ1) is 11.3. The van der Waals surface area contributed by atoms with Crippen LogP contribution < -0.4 is 9.80 Å². The molecule has 2 aromatic rings. The molecule has 0 aromatic carbocycles. The van der Waals surface area contributed by atoms with Gasteiger partial charge in [0.05, 0.1) is 0 Å². The predicted octanol–water partition coefficient (Wildman–Crippen LogP) is 2.33. The molecule has 0 unspecified atom stereocenters. The molecule has 3 rings (SSSR count). The fourth-order valence-corrected chi connectivity index (χ4v) is 2.56. The Balaban J connectivity index is 1.66. The summed E-state index contributed by atoms with van der Waals surface area (Å²) in [6.45, 7) is 1.07. The molecule has 24 heavy (non-hydrogen) atoms. The van der Waals surface area contributed by atoms with Crippen molar-refractivity contribution >= 4 is 11.9 Å². The third kappa shape index (κ3) is 3.41. The van der Waals surface area contributed by atoms with Crippen molar-refractivity contribution in [2.24, 2.45) is 0 Å². The summed E-state index contributed by atoms with van der Waals surface area (Å²) in [5.41, 5.74) is -0.929. The van der Waals surface area contributed by atoms with Crippen LogP contribution in [0.1, 0.15) is 30.3 Å². The van der Waals surface area contributed by atoms with Crippen LogP contribution in [0.15, 0.2) is 16.8 Å². The van der Waals surface area contributed by atoms with Gasteiger partial charge in [-0.05, 0) is 24.1 Å². The summed E-state index contributed by atoms with van der Waals surface area (Å²) in [5, 5.41) is 3.88. The summed E-state index contributed by atoms with van der Waals surface area (Å²) in [4.78, 5) is 15.4. The number of piperidine rings is 1. The number of alkyl halides is 3. The molecule has 1 saturated heterocycles. The van der Waals surface area contributed by atoms with Gasteiger partial charge >= 0.3 is 6.18 Å². The summed E-state index contributed by atoms with van der Waals surface area (Å²) in [7, 11) is 3.64. The second kappa shape index (κ2) is 6.25. The van der Waals surface area contributed by atoms with Gasteiger partial charge in [0.15, 0.2) is 0 Å². The van der Waals surface area contributed by atoms with E-state index in [1.165, 1.54) is 0 Å². The maximum absolute atomic E-state index is 12.7. The van der Waals surface area contributed by atoms with Crippen LogP contribution in [0.4, 0.5) is 25.1 Å². The second-order valence-electron chi connectivity index (χ2n) is 5.83. The summed E-state index contributed by atoms with van der Waals surface area (Å²) in [5.74, 6) is 1.26. The topological polar surface area (TPSA) is 71.2 Å². The fourth-order valence-electron chi connectivity index (χ4n) is 2.56. The molecule has 1 aliphatic rings. The smallest absolute Gasteiger partial charge is 0.344 e. The zero-order valence-corrected chi connectivity index (χ0v) is 13.3. The zero-order chi connectivity index (χ0) is 17.3. The first-order valence-corrected chi connectivity index (χ1v) is 7.50. The molecule has 0 aliphatic carbocycles. The van der Waals surface area contributed by atoms with Gasteiger partial charge in [-0.15, -0.1) is 0 Å². The lowest BCUT2D eigenvalue weighted by molar-refractivity contribution is -0.141. The maximum Gasteiger partial charge on any atom is 0.433 e. The Morgan fingerprint density at radius 1 is 1.21 bits per heavy atom. The van der Waals surface area contributed by atoms with Gasteiger partial charge in [-0.3, -0.25) is 0 Å². The highest BCUT2D eigenvalue weighted by atomic mass is 19.4. The van der Waals surface area contributed by atoms with Crippen molar-refractivity contribution in [3.05, 3.63) is 23.8 Å². The van der Waals surface area contributed by atoms with Crippen molar-refractivity contribution in [3.63, 3.8) is 0 Å². The number of anilines is 2. The van der Waals surface area contributed by atoms with Gasteiger partial charge in [-0.25, -0.2) is 9.97 Å².